The molecule has 0 amide bonds. The van der Waals surface area contributed by atoms with Crippen LogP contribution in [-0.4, -0.2) is 16.1 Å². The minimum absolute atomic E-state index is 0.454. The fourth-order valence-corrected chi connectivity index (χ4v) is 2.06. The smallest absolute Gasteiger partial charge is 0.154 e. The normalized spacial score (nSPS) is 10.6. The second-order valence-corrected chi connectivity index (χ2v) is 4.33. The van der Waals surface area contributed by atoms with Crippen molar-refractivity contribution in [2.24, 2.45) is 0 Å². The lowest BCUT2D eigenvalue weighted by molar-refractivity contribution is 0.112. The predicted octanol–water partition coefficient (Wildman–Crippen LogP) is 3.60. The topological polar surface area (TPSA) is 48.0 Å². The Labute approximate surface area is 114 Å². The van der Waals surface area contributed by atoms with Gasteiger partial charge in [-0.25, -0.2) is 4.68 Å². The van der Waals surface area contributed by atoms with E-state index in [2.05, 4.69) is 5.10 Å². The summed E-state index contributed by atoms with van der Waals surface area (Å²) < 4.78 is 6.85. The van der Waals surface area contributed by atoms with Crippen LogP contribution in [0.3, 0.4) is 0 Å². The maximum absolute atomic E-state index is 11.1. The minimum Gasteiger partial charge on any atom is -0.463 e. The van der Waals surface area contributed by atoms with Crippen molar-refractivity contribution in [1.29, 1.82) is 0 Å². The van der Waals surface area contributed by atoms with Crippen LogP contribution in [-0.2, 0) is 0 Å². The lowest BCUT2D eigenvalue weighted by Gasteiger charge is -2.02. The van der Waals surface area contributed by atoms with Gasteiger partial charge in [0.2, 0.25) is 0 Å². The SMILES string of the molecule is O=Cc1cn(-c2ccccc2Cl)nc1-c1ccco1. The summed E-state index contributed by atoms with van der Waals surface area (Å²) in [4.78, 5) is 11.1. The molecule has 2 aromatic heterocycles. The molecule has 0 saturated carbocycles. The van der Waals surface area contributed by atoms with Crippen molar-refractivity contribution in [1.82, 2.24) is 9.78 Å². The van der Waals surface area contributed by atoms with Crippen LogP contribution in [0.5, 0.6) is 0 Å². The van der Waals surface area contributed by atoms with E-state index in [4.69, 9.17) is 16.0 Å². The molecule has 1 aromatic carbocycles. The molecule has 0 radical (unpaired) electrons. The van der Waals surface area contributed by atoms with E-state index in [0.717, 1.165) is 6.29 Å². The molecule has 3 aromatic rings. The molecule has 0 bridgehead atoms. The van der Waals surface area contributed by atoms with Gasteiger partial charge in [0.25, 0.3) is 0 Å². The van der Waals surface area contributed by atoms with Crippen molar-refractivity contribution in [2.75, 3.05) is 0 Å². The van der Waals surface area contributed by atoms with E-state index in [0.29, 0.717) is 27.7 Å². The number of hydrogen-bond acceptors (Lipinski definition) is 3. The molecule has 4 nitrogen and oxygen atoms in total. The van der Waals surface area contributed by atoms with Gasteiger partial charge in [-0.05, 0) is 24.3 Å². The lowest BCUT2D eigenvalue weighted by atomic mass is 10.2. The highest BCUT2D eigenvalue weighted by Gasteiger charge is 2.14. The van der Waals surface area contributed by atoms with Crippen LogP contribution in [0.1, 0.15) is 10.4 Å². The highest BCUT2D eigenvalue weighted by atomic mass is 35.5. The number of para-hydroxylation sites is 1. The largest absolute Gasteiger partial charge is 0.463 e. The highest BCUT2D eigenvalue weighted by Crippen LogP contribution is 2.25. The first-order valence-corrected chi connectivity index (χ1v) is 6.01. The number of rotatable bonds is 3. The fourth-order valence-electron chi connectivity index (χ4n) is 1.84. The van der Waals surface area contributed by atoms with Gasteiger partial charge in [0.1, 0.15) is 5.69 Å². The second kappa shape index (κ2) is 4.74. The number of hydrogen-bond donors (Lipinski definition) is 0. The van der Waals surface area contributed by atoms with E-state index in [1.807, 2.05) is 18.2 Å². The van der Waals surface area contributed by atoms with Crippen molar-refractivity contribution >= 4 is 17.9 Å². The zero-order chi connectivity index (χ0) is 13.2. The Morgan fingerprint density at radius 2 is 2.05 bits per heavy atom. The third-order valence-corrected chi connectivity index (χ3v) is 3.04. The van der Waals surface area contributed by atoms with Crippen molar-refractivity contribution in [3.05, 3.63) is 59.4 Å². The Morgan fingerprint density at radius 3 is 2.74 bits per heavy atom. The lowest BCUT2D eigenvalue weighted by Crippen LogP contribution is -1.95. The monoisotopic (exact) mass is 272 g/mol. The van der Waals surface area contributed by atoms with E-state index in [-0.39, 0.29) is 0 Å². The van der Waals surface area contributed by atoms with Gasteiger partial charge in [0.15, 0.2) is 12.0 Å². The first kappa shape index (κ1) is 11.7. The van der Waals surface area contributed by atoms with E-state index in [1.165, 1.54) is 0 Å². The molecule has 0 fully saturated rings. The quantitative estimate of drug-likeness (QED) is 0.685. The zero-order valence-corrected chi connectivity index (χ0v) is 10.5. The van der Waals surface area contributed by atoms with Gasteiger partial charge in [-0.2, -0.15) is 5.10 Å². The Hall–Kier alpha value is -2.33. The molecule has 3 rings (SSSR count). The third-order valence-electron chi connectivity index (χ3n) is 2.72. The molecule has 0 spiro atoms. The molecular weight excluding hydrogens is 264 g/mol. The van der Waals surface area contributed by atoms with Crippen molar-refractivity contribution < 1.29 is 9.21 Å². The van der Waals surface area contributed by atoms with E-state index in [9.17, 15) is 4.79 Å². The van der Waals surface area contributed by atoms with Gasteiger partial charge >= 0.3 is 0 Å². The molecular formula is C14H9ClN2O2. The molecule has 2 heterocycles. The zero-order valence-electron chi connectivity index (χ0n) is 9.79. The third kappa shape index (κ3) is 2.06. The van der Waals surface area contributed by atoms with Crippen molar-refractivity contribution in [3.63, 3.8) is 0 Å². The Bertz CT molecular complexity index is 717. The van der Waals surface area contributed by atoms with Crippen LogP contribution < -0.4 is 0 Å². The van der Waals surface area contributed by atoms with E-state index >= 15 is 0 Å². The number of nitrogens with zero attached hydrogens (tertiary/aromatic N) is 2. The van der Waals surface area contributed by atoms with Gasteiger partial charge < -0.3 is 4.42 Å². The van der Waals surface area contributed by atoms with Crippen LogP contribution >= 0.6 is 11.6 Å². The summed E-state index contributed by atoms with van der Waals surface area (Å²) in [5.41, 5.74) is 1.67. The first-order valence-electron chi connectivity index (χ1n) is 5.63. The van der Waals surface area contributed by atoms with Crippen LogP contribution in [0.2, 0.25) is 5.02 Å². The number of benzene rings is 1. The molecule has 0 saturated heterocycles. The molecule has 5 heteroatoms. The van der Waals surface area contributed by atoms with E-state index in [1.54, 1.807) is 35.3 Å². The summed E-state index contributed by atoms with van der Waals surface area (Å²) in [5, 5.41) is 4.93. The van der Waals surface area contributed by atoms with Crippen LogP contribution in [0, 0.1) is 0 Å². The number of carbonyl (C=O) groups is 1. The Kier molecular flexibility index (Phi) is 2.93. The van der Waals surface area contributed by atoms with Gasteiger partial charge in [0.05, 0.1) is 22.5 Å². The Morgan fingerprint density at radius 1 is 1.21 bits per heavy atom. The first-order chi connectivity index (χ1) is 9.29. The summed E-state index contributed by atoms with van der Waals surface area (Å²) in [5.74, 6) is 0.549. The fraction of sp³-hybridized carbons (Fsp3) is 0. The molecule has 19 heavy (non-hydrogen) atoms. The van der Waals surface area contributed by atoms with Crippen molar-refractivity contribution in [2.45, 2.75) is 0 Å². The molecule has 0 unspecified atom stereocenters. The number of furan rings is 1. The molecule has 0 N–H and O–H groups in total. The van der Waals surface area contributed by atoms with Crippen LogP contribution in [0.25, 0.3) is 17.1 Å². The number of carbonyl (C=O) groups excluding carboxylic acids is 1. The summed E-state index contributed by atoms with van der Waals surface area (Å²) >= 11 is 6.12. The number of aldehydes is 1. The standard InChI is InChI=1S/C14H9ClN2O2/c15-11-4-1-2-5-12(11)17-8-10(9-18)14(16-17)13-6-3-7-19-13/h1-9H. The summed E-state index contributed by atoms with van der Waals surface area (Å²) in [6.07, 6.45) is 3.92. The van der Waals surface area contributed by atoms with Gasteiger partial charge in [-0.15, -0.1) is 0 Å². The molecule has 94 valence electrons. The maximum atomic E-state index is 11.1. The Balaban J connectivity index is 2.15. The van der Waals surface area contributed by atoms with E-state index < -0.39 is 0 Å². The van der Waals surface area contributed by atoms with Gasteiger partial charge in [0, 0.05) is 6.20 Å². The van der Waals surface area contributed by atoms with Gasteiger partial charge in [-0.3, -0.25) is 4.79 Å². The highest BCUT2D eigenvalue weighted by molar-refractivity contribution is 6.32. The molecule has 0 aliphatic heterocycles. The molecule has 0 atom stereocenters. The maximum Gasteiger partial charge on any atom is 0.154 e. The second-order valence-electron chi connectivity index (χ2n) is 3.92. The van der Waals surface area contributed by atoms with Crippen LogP contribution in [0.15, 0.2) is 53.3 Å². The summed E-state index contributed by atoms with van der Waals surface area (Å²) in [6, 6.07) is 10.8. The van der Waals surface area contributed by atoms with Crippen LogP contribution in [0.4, 0.5) is 0 Å². The average molecular weight is 273 g/mol. The average Bonchev–Trinajstić information content (AvgIpc) is 3.08. The van der Waals surface area contributed by atoms with Crippen molar-refractivity contribution in [3.8, 4) is 17.1 Å². The minimum atomic E-state index is 0.454. The molecule has 0 aliphatic carbocycles. The summed E-state index contributed by atoms with van der Waals surface area (Å²) in [7, 11) is 0. The predicted molar refractivity (Wildman–Crippen MR) is 71.7 cm³/mol. The summed E-state index contributed by atoms with van der Waals surface area (Å²) in [6.45, 7) is 0. The number of aromatic nitrogens is 2. The number of halogens is 1. The molecule has 0 aliphatic rings. The van der Waals surface area contributed by atoms with Gasteiger partial charge in [-0.1, -0.05) is 23.7 Å².